The number of halogens is 3. The number of carbonyl (C=O) groups excluding carboxylic acids is 1. The van der Waals surface area contributed by atoms with E-state index in [9.17, 15) is 18.0 Å². The van der Waals surface area contributed by atoms with Gasteiger partial charge in [0.2, 0.25) is 0 Å². The van der Waals surface area contributed by atoms with Gasteiger partial charge in [0.15, 0.2) is 0 Å². The van der Waals surface area contributed by atoms with Crippen LogP contribution in [0.1, 0.15) is 11.1 Å². The molecule has 4 nitrogen and oxygen atoms in total. The largest absolute Gasteiger partial charge is 0.459 e. The first-order chi connectivity index (χ1) is 9.90. The SMILES string of the molecule is COCCOC(=O)C(C#N)=Cc1ccccc1C(F)(F)F. The molecule has 0 N–H and O–H groups in total. The maximum atomic E-state index is 12.8. The van der Waals surface area contributed by atoms with Crippen LogP contribution in [0.15, 0.2) is 29.8 Å². The first-order valence-corrected chi connectivity index (χ1v) is 5.84. The molecule has 0 fully saturated rings. The van der Waals surface area contributed by atoms with Crippen LogP contribution >= 0.6 is 0 Å². The van der Waals surface area contributed by atoms with E-state index in [0.717, 1.165) is 12.1 Å². The molecule has 7 heteroatoms. The second-order valence-electron chi connectivity index (χ2n) is 3.88. The fourth-order valence-corrected chi connectivity index (χ4v) is 1.47. The van der Waals surface area contributed by atoms with Gasteiger partial charge in [0.1, 0.15) is 18.2 Å². The van der Waals surface area contributed by atoms with Gasteiger partial charge >= 0.3 is 12.1 Å². The van der Waals surface area contributed by atoms with Gasteiger partial charge in [0.05, 0.1) is 12.2 Å². The fourth-order valence-electron chi connectivity index (χ4n) is 1.47. The molecule has 0 aliphatic heterocycles. The molecule has 0 amide bonds. The van der Waals surface area contributed by atoms with E-state index < -0.39 is 23.3 Å². The summed E-state index contributed by atoms with van der Waals surface area (Å²) in [6.07, 6.45) is -3.72. The van der Waals surface area contributed by atoms with Gasteiger partial charge in [-0.15, -0.1) is 0 Å². The highest BCUT2D eigenvalue weighted by Crippen LogP contribution is 2.32. The van der Waals surface area contributed by atoms with Gasteiger partial charge in [-0.3, -0.25) is 0 Å². The summed E-state index contributed by atoms with van der Waals surface area (Å²) in [5, 5.41) is 8.88. The van der Waals surface area contributed by atoms with Crippen LogP contribution in [0.4, 0.5) is 13.2 Å². The van der Waals surface area contributed by atoms with Crippen LogP contribution in [0.2, 0.25) is 0 Å². The van der Waals surface area contributed by atoms with E-state index in [1.165, 1.54) is 31.4 Å². The monoisotopic (exact) mass is 299 g/mol. The summed E-state index contributed by atoms with van der Waals surface area (Å²) in [5.74, 6) is -0.994. The molecular weight excluding hydrogens is 287 g/mol. The number of esters is 1. The number of ether oxygens (including phenoxy) is 2. The van der Waals surface area contributed by atoms with Gasteiger partial charge in [-0.25, -0.2) is 4.79 Å². The molecule has 0 unspecified atom stereocenters. The Bertz CT molecular complexity index is 574. The lowest BCUT2D eigenvalue weighted by atomic mass is 10.0. The van der Waals surface area contributed by atoms with E-state index in [0.29, 0.717) is 0 Å². The van der Waals surface area contributed by atoms with Crippen LogP contribution < -0.4 is 0 Å². The molecule has 0 aliphatic carbocycles. The molecule has 1 aromatic carbocycles. The standard InChI is InChI=1S/C14H12F3NO3/c1-20-6-7-21-13(19)11(9-18)8-10-4-2-3-5-12(10)14(15,16)17/h2-5,8H,6-7H2,1H3. The highest BCUT2D eigenvalue weighted by atomic mass is 19.4. The number of hydrogen-bond donors (Lipinski definition) is 0. The van der Waals surface area contributed by atoms with Gasteiger partial charge < -0.3 is 9.47 Å². The van der Waals surface area contributed by atoms with E-state index in [1.807, 2.05) is 0 Å². The van der Waals surface area contributed by atoms with Crippen LogP contribution in [0.25, 0.3) is 6.08 Å². The quantitative estimate of drug-likeness (QED) is 0.363. The normalized spacial score (nSPS) is 11.9. The van der Waals surface area contributed by atoms with Crippen molar-refractivity contribution in [1.82, 2.24) is 0 Å². The average Bonchev–Trinajstić information content (AvgIpc) is 2.44. The minimum Gasteiger partial charge on any atom is -0.459 e. The first-order valence-electron chi connectivity index (χ1n) is 5.84. The molecule has 0 heterocycles. The van der Waals surface area contributed by atoms with Gasteiger partial charge in [-0.05, 0) is 17.7 Å². The summed E-state index contributed by atoms with van der Waals surface area (Å²) in [7, 11) is 1.40. The predicted molar refractivity (Wildman–Crippen MR) is 67.9 cm³/mol. The molecule has 0 saturated carbocycles. The third-order valence-corrected chi connectivity index (χ3v) is 2.43. The Morgan fingerprint density at radius 3 is 2.57 bits per heavy atom. The Balaban J connectivity index is 3.05. The third kappa shape index (κ3) is 4.93. The number of rotatable bonds is 5. The van der Waals surface area contributed by atoms with Crippen molar-refractivity contribution >= 4 is 12.0 Å². The van der Waals surface area contributed by atoms with Crippen molar-refractivity contribution in [2.75, 3.05) is 20.3 Å². The zero-order valence-corrected chi connectivity index (χ0v) is 11.1. The minimum atomic E-state index is -4.58. The van der Waals surface area contributed by atoms with Crippen molar-refractivity contribution in [1.29, 1.82) is 5.26 Å². The van der Waals surface area contributed by atoms with Crippen LogP contribution in [0, 0.1) is 11.3 Å². The maximum Gasteiger partial charge on any atom is 0.416 e. The number of benzene rings is 1. The smallest absolute Gasteiger partial charge is 0.416 e. The second kappa shape index (κ2) is 7.45. The number of hydrogen-bond acceptors (Lipinski definition) is 4. The number of nitriles is 1. The van der Waals surface area contributed by atoms with Gasteiger partial charge in [0.25, 0.3) is 0 Å². The van der Waals surface area contributed by atoms with E-state index in [2.05, 4.69) is 4.74 Å². The first kappa shape index (κ1) is 16.7. The topological polar surface area (TPSA) is 59.3 Å². The zero-order chi connectivity index (χ0) is 15.9. The zero-order valence-electron chi connectivity index (χ0n) is 11.1. The summed E-state index contributed by atoms with van der Waals surface area (Å²) < 4.78 is 47.8. The van der Waals surface area contributed by atoms with Crippen LogP contribution in [0.3, 0.4) is 0 Å². The molecule has 0 aliphatic rings. The second-order valence-corrected chi connectivity index (χ2v) is 3.88. The number of alkyl halides is 3. The van der Waals surface area contributed by atoms with Crippen molar-refractivity contribution in [2.24, 2.45) is 0 Å². The summed E-state index contributed by atoms with van der Waals surface area (Å²) in [4.78, 5) is 11.6. The molecule has 1 rings (SSSR count). The number of carbonyl (C=O) groups is 1. The predicted octanol–water partition coefficient (Wildman–Crippen LogP) is 2.80. The lowest BCUT2D eigenvalue weighted by Crippen LogP contribution is -2.12. The molecule has 0 aromatic heterocycles. The van der Waals surface area contributed by atoms with Crippen LogP contribution in [0.5, 0.6) is 0 Å². The summed E-state index contributed by atoms with van der Waals surface area (Å²) in [6, 6.07) is 6.18. The van der Waals surface area contributed by atoms with Crippen molar-refractivity contribution in [3.05, 3.63) is 41.0 Å². The van der Waals surface area contributed by atoms with E-state index in [-0.39, 0.29) is 18.8 Å². The van der Waals surface area contributed by atoms with Crippen molar-refractivity contribution in [3.63, 3.8) is 0 Å². The lowest BCUT2D eigenvalue weighted by Gasteiger charge is -2.10. The molecule has 0 saturated heterocycles. The molecule has 0 radical (unpaired) electrons. The average molecular weight is 299 g/mol. The lowest BCUT2D eigenvalue weighted by molar-refractivity contribution is -0.140. The van der Waals surface area contributed by atoms with Crippen LogP contribution in [-0.4, -0.2) is 26.3 Å². The van der Waals surface area contributed by atoms with Crippen LogP contribution in [-0.2, 0) is 20.4 Å². The van der Waals surface area contributed by atoms with E-state index in [1.54, 1.807) is 0 Å². The Kier molecular flexibility index (Phi) is 5.93. The fraction of sp³-hybridized carbons (Fsp3) is 0.286. The number of methoxy groups -OCH3 is 1. The van der Waals surface area contributed by atoms with E-state index in [4.69, 9.17) is 10.00 Å². The molecular formula is C14H12F3NO3. The van der Waals surface area contributed by atoms with E-state index >= 15 is 0 Å². The highest BCUT2D eigenvalue weighted by molar-refractivity contribution is 5.98. The molecule has 0 spiro atoms. The Labute approximate surface area is 119 Å². The Morgan fingerprint density at radius 2 is 2.00 bits per heavy atom. The molecule has 112 valence electrons. The summed E-state index contributed by atoms with van der Waals surface area (Å²) in [5.41, 5.74) is -1.71. The Morgan fingerprint density at radius 1 is 1.33 bits per heavy atom. The highest BCUT2D eigenvalue weighted by Gasteiger charge is 2.32. The van der Waals surface area contributed by atoms with Gasteiger partial charge in [-0.1, -0.05) is 18.2 Å². The van der Waals surface area contributed by atoms with Gasteiger partial charge in [0, 0.05) is 7.11 Å². The molecule has 0 bridgehead atoms. The molecule has 21 heavy (non-hydrogen) atoms. The third-order valence-electron chi connectivity index (χ3n) is 2.43. The van der Waals surface area contributed by atoms with Gasteiger partial charge in [-0.2, -0.15) is 18.4 Å². The molecule has 0 atom stereocenters. The summed E-state index contributed by atoms with van der Waals surface area (Å²) >= 11 is 0. The van der Waals surface area contributed by atoms with Crippen molar-refractivity contribution in [2.45, 2.75) is 6.18 Å². The van der Waals surface area contributed by atoms with Crippen molar-refractivity contribution < 1.29 is 27.4 Å². The maximum absolute atomic E-state index is 12.8. The molecule has 1 aromatic rings. The van der Waals surface area contributed by atoms with Crippen molar-refractivity contribution in [3.8, 4) is 6.07 Å². The minimum absolute atomic E-state index is 0.0880. The number of nitrogens with zero attached hydrogens (tertiary/aromatic N) is 1. The summed E-state index contributed by atoms with van der Waals surface area (Å²) in [6.45, 7) is 0.0405. The Hall–Kier alpha value is -2.33.